The van der Waals surface area contributed by atoms with Crippen LogP contribution >= 0.6 is 0 Å². The van der Waals surface area contributed by atoms with Gasteiger partial charge in [0, 0.05) is 26.4 Å². The van der Waals surface area contributed by atoms with Crippen molar-refractivity contribution in [2.24, 2.45) is 11.8 Å². The van der Waals surface area contributed by atoms with Crippen LogP contribution in [0.25, 0.3) is 0 Å². The lowest BCUT2D eigenvalue weighted by atomic mass is 9.99. The zero-order valence-electron chi connectivity index (χ0n) is 30.3. The zero-order chi connectivity index (χ0) is 37.4. The van der Waals surface area contributed by atoms with Crippen LogP contribution in [0.3, 0.4) is 0 Å². The third-order valence-corrected chi connectivity index (χ3v) is 8.19. The number of amides is 6. The predicted octanol–water partition coefficient (Wildman–Crippen LogP) is 1.09. The lowest BCUT2D eigenvalue weighted by molar-refractivity contribution is -0.148. The summed E-state index contributed by atoms with van der Waals surface area (Å²) in [7, 11) is 1.22. The second-order valence-electron chi connectivity index (χ2n) is 13.3. The average molecular weight is 699 g/mol. The molecule has 14 heteroatoms. The van der Waals surface area contributed by atoms with Gasteiger partial charge in [0.15, 0.2) is 0 Å². The van der Waals surface area contributed by atoms with Crippen LogP contribution in [0.2, 0.25) is 0 Å². The van der Waals surface area contributed by atoms with Gasteiger partial charge in [0.2, 0.25) is 35.4 Å². The monoisotopic (exact) mass is 698 g/mol. The van der Waals surface area contributed by atoms with E-state index >= 15 is 0 Å². The Kier molecular flexibility index (Phi) is 17.1. The van der Waals surface area contributed by atoms with Crippen LogP contribution in [0.5, 0.6) is 0 Å². The van der Waals surface area contributed by atoms with Gasteiger partial charge in [-0.1, -0.05) is 70.2 Å². The minimum atomic E-state index is -1.11. The Bertz CT molecular complexity index is 1370. The Morgan fingerprint density at radius 2 is 1.48 bits per heavy atom. The number of nitrogens with one attached hydrogen (secondary N) is 4. The van der Waals surface area contributed by atoms with Crippen LogP contribution in [0, 0.1) is 11.8 Å². The van der Waals surface area contributed by atoms with Crippen molar-refractivity contribution in [2.75, 3.05) is 33.3 Å². The molecule has 0 unspecified atom stereocenters. The van der Waals surface area contributed by atoms with Crippen molar-refractivity contribution in [3.05, 3.63) is 48.0 Å². The normalized spacial score (nSPS) is 23.2. The summed E-state index contributed by atoms with van der Waals surface area (Å²) in [6, 6.07) is 4.86. The number of rotatable bonds is 7. The Morgan fingerprint density at radius 3 is 2.06 bits per heavy atom. The molecule has 2 rings (SSSR count). The first-order valence-electron chi connectivity index (χ1n) is 17.1. The van der Waals surface area contributed by atoms with Crippen LogP contribution < -0.4 is 21.3 Å². The molecule has 50 heavy (non-hydrogen) atoms. The molecule has 0 radical (unpaired) electrons. The van der Waals surface area contributed by atoms with Crippen LogP contribution in [0.15, 0.2) is 42.5 Å². The quantitative estimate of drug-likeness (QED) is 0.241. The summed E-state index contributed by atoms with van der Waals surface area (Å²) in [6.07, 6.45) is 4.78. The first-order valence-corrected chi connectivity index (χ1v) is 17.1. The number of methoxy groups -OCH3 is 1. The van der Waals surface area contributed by atoms with E-state index in [1.54, 1.807) is 19.9 Å². The van der Waals surface area contributed by atoms with Crippen LogP contribution in [0.1, 0.15) is 66.4 Å². The third kappa shape index (κ3) is 14.0. The van der Waals surface area contributed by atoms with E-state index < -0.39 is 65.6 Å². The smallest absolute Gasteiger partial charge is 0.325 e. The Morgan fingerprint density at radius 1 is 0.840 bits per heavy atom. The van der Waals surface area contributed by atoms with Gasteiger partial charge in [0.1, 0.15) is 30.7 Å². The summed E-state index contributed by atoms with van der Waals surface area (Å²) < 4.78 is 4.83. The molecule has 1 aromatic rings. The lowest BCUT2D eigenvalue weighted by Crippen LogP contribution is -2.59. The van der Waals surface area contributed by atoms with Gasteiger partial charge >= 0.3 is 5.97 Å². The maximum absolute atomic E-state index is 14.0. The maximum atomic E-state index is 14.0. The van der Waals surface area contributed by atoms with Crippen LogP contribution in [-0.4, -0.2) is 109 Å². The van der Waals surface area contributed by atoms with Gasteiger partial charge < -0.3 is 35.8 Å². The van der Waals surface area contributed by atoms with Crippen molar-refractivity contribution in [1.82, 2.24) is 31.1 Å². The molecule has 14 nitrogen and oxygen atoms in total. The Labute approximate surface area is 295 Å². The molecule has 0 spiro atoms. The SMILES string of the molecule is COC(=O)CN1CC/C=C\CCN(C(C)=O)CC(=O)N[C@@H](CC(C)C)C(=O)N[C@@H](C(C)C)C(=O)N[C@@H](C)C(=O)N[C@@H](Cc2ccccc2)C1=O. The number of esters is 1. The van der Waals surface area contributed by atoms with Crippen molar-refractivity contribution in [3.8, 4) is 0 Å². The molecule has 4 atom stereocenters. The van der Waals surface area contributed by atoms with Crippen molar-refractivity contribution < 1.29 is 38.3 Å². The molecule has 1 aromatic carbocycles. The average Bonchev–Trinajstić information content (AvgIpc) is 3.05. The fourth-order valence-electron chi connectivity index (χ4n) is 5.37. The van der Waals surface area contributed by atoms with Gasteiger partial charge in [-0.05, 0) is 43.6 Å². The Balaban J connectivity index is 2.49. The summed E-state index contributed by atoms with van der Waals surface area (Å²) in [6.45, 7) is 9.82. The number of carbonyl (C=O) groups excluding carboxylic acids is 7. The fraction of sp³-hybridized carbons (Fsp3) is 0.583. The second-order valence-corrected chi connectivity index (χ2v) is 13.3. The first kappa shape index (κ1) is 41.4. The number of ether oxygens (including phenoxy) is 1. The molecule has 1 aliphatic heterocycles. The van der Waals surface area contributed by atoms with Gasteiger partial charge in [-0.2, -0.15) is 0 Å². The summed E-state index contributed by atoms with van der Waals surface area (Å²) in [5, 5.41) is 10.9. The van der Waals surface area contributed by atoms with Crippen LogP contribution in [-0.2, 0) is 44.7 Å². The first-order chi connectivity index (χ1) is 23.6. The molecule has 0 saturated heterocycles. The highest BCUT2D eigenvalue weighted by Gasteiger charge is 2.33. The molecule has 0 fully saturated rings. The van der Waals surface area contributed by atoms with E-state index in [0.717, 1.165) is 5.56 Å². The van der Waals surface area contributed by atoms with E-state index in [0.29, 0.717) is 12.8 Å². The van der Waals surface area contributed by atoms with E-state index in [9.17, 15) is 33.6 Å². The molecule has 6 amide bonds. The number of carbonyl (C=O) groups is 7. The molecular weight excluding hydrogens is 644 g/mol. The van der Waals surface area contributed by atoms with Crippen LogP contribution in [0.4, 0.5) is 0 Å². The molecule has 0 aliphatic carbocycles. The minimum Gasteiger partial charge on any atom is -0.468 e. The zero-order valence-corrected chi connectivity index (χ0v) is 30.3. The molecule has 1 aliphatic rings. The maximum Gasteiger partial charge on any atom is 0.325 e. The summed E-state index contributed by atoms with van der Waals surface area (Å²) in [5.74, 6) is -4.20. The highest BCUT2D eigenvalue weighted by atomic mass is 16.5. The molecule has 276 valence electrons. The molecular formula is C36H54N6O8. The summed E-state index contributed by atoms with van der Waals surface area (Å²) in [4.78, 5) is 94.9. The Hall–Kier alpha value is -4.75. The minimum absolute atomic E-state index is 0.0174. The number of hydrogen-bond donors (Lipinski definition) is 4. The number of benzene rings is 1. The topological polar surface area (TPSA) is 183 Å². The molecule has 0 bridgehead atoms. The van der Waals surface area contributed by atoms with Crippen molar-refractivity contribution >= 4 is 41.4 Å². The highest BCUT2D eigenvalue weighted by molar-refractivity contribution is 5.96. The lowest BCUT2D eigenvalue weighted by Gasteiger charge is -2.29. The fourth-order valence-corrected chi connectivity index (χ4v) is 5.37. The molecule has 0 aromatic heterocycles. The molecule has 0 saturated carbocycles. The van der Waals surface area contributed by atoms with Crippen molar-refractivity contribution in [3.63, 3.8) is 0 Å². The molecule has 1 heterocycles. The summed E-state index contributed by atoms with van der Waals surface area (Å²) >= 11 is 0. The van der Waals surface area contributed by atoms with Gasteiger partial charge in [0.25, 0.3) is 0 Å². The van der Waals surface area contributed by atoms with Crippen molar-refractivity contribution in [1.29, 1.82) is 0 Å². The van der Waals surface area contributed by atoms with E-state index in [4.69, 9.17) is 4.74 Å². The van der Waals surface area contributed by atoms with Crippen molar-refractivity contribution in [2.45, 2.75) is 91.4 Å². The number of hydrogen-bond acceptors (Lipinski definition) is 8. The van der Waals surface area contributed by atoms with Gasteiger partial charge in [-0.3, -0.25) is 33.6 Å². The summed E-state index contributed by atoms with van der Waals surface area (Å²) in [5.41, 5.74) is 0.767. The number of nitrogens with zero attached hydrogens (tertiary/aromatic N) is 2. The van der Waals surface area contributed by atoms with E-state index in [1.165, 1.54) is 30.8 Å². The van der Waals surface area contributed by atoms with Gasteiger partial charge in [-0.15, -0.1) is 0 Å². The highest BCUT2D eigenvalue weighted by Crippen LogP contribution is 2.11. The van der Waals surface area contributed by atoms with E-state index in [1.807, 2.05) is 50.3 Å². The largest absolute Gasteiger partial charge is 0.468 e. The second kappa shape index (κ2) is 20.7. The van der Waals surface area contributed by atoms with E-state index in [-0.39, 0.29) is 50.8 Å². The van der Waals surface area contributed by atoms with E-state index in [2.05, 4.69) is 21.3 Å². The standard InChI is InChI=1S/C36H54N6O8/c1-23(2)19-28-34(47)40-32(24(3)4)35(48)37-25(5)33(46)39-29(20-27-15-11-10-12-16-27)36(49)42(22-31(45)50-7)18-14-9-8-13-17-41(26(6)43)21-30(44)38-28/h8-12,15-16,23-25,28-29,32H,13-14,17-22H2,1-7H3,(H,37,48)(H,38,44)(H,39,46)(H,40,47)/b9-8-/t25-,28-,29-,32-/m0/s1. The predicted molar refractivity (Wildman–Crippen MR) is 187 cm³/mol. The van der Waals surface area contributed by atoms with Gasteiger partial charge in [-0.25, -0.2) is 0 Å². The van der Waals surface area contributed by atoms with Gasteiger partial charge in [0.05, 0.1) is 13.7 Å². The molecule has 4 N–H and O–H groups in total. The third-order valence-electron chi connectivity index (χ3n) is 8.19.